The molecule has 0 aliphatic heterocycles. The second-order valence-electron chi connectivity index (χ2n) is 4.20. The molecule has 0 atom stereocenters. The normalized spacial score (nSPS) is 10.6. The van der Waals surface area contributed by atoms with Crippen LogP contribution in [0.25, 0.3) is 10.9 Å². The Morgan fingerprint density at radius 3 is 2.42 bits per heavy atom. The summed E-state index contributed by atoms with van der Waals surface area (Å²) in [6, 6.07) is 16.6. The number of rotatable bonds is 2. The van der Waals surface area contributed by atoms with Crippen molar-refractivity contribution >= 4 is 28.3 Å². The van der Waals surface area contributed by atoms with E-state index in [0.29, 0.717) is 16.1 Å². The Bertz CT molecular complexity index is 753. The van der Waals surface area contributed by atoms with Gasteiger partial charge in [0.25, 0.3) is 0 Å². The van der Waals surface area contributed by atoms with Gasteiger partial charge in [0.1, 0.15) is 0 Å². The minimum atomic E-state index is -0.108. The highest BCUT2D eigenvalue weighted by Gasteiger charge is 2.15. The van der Waals surface area contributed by atoms with E-state index in [1.54, 1.807) is 18.3 Å². The monoisotopic (exact) mass is 267 g/mol. The van der Waals surface area contributed by atoms with Crippen LogP contribution in [-0.4, -0.2) is 10.8 Å². The van der Waals surface area contributed by atoms with Gasteiger partial charge in [0.05, 0.1) is 16.1 Å². The summed E-state index contributed by atoms with van der Waals surface area (Å²) in [4.78, 5) is 16.7. The first kappa shape index (κ1) is 11.9. The number of carbonyl (C=O) groups excluding carboxylic acids is 1. The Balaban J connectivity index is 2.16. The molecule has 1 aromatic heterocycles. The first-order valence-corrected chi connectivity index (χ1v) is 6.28. The van der Waals surface area contributed by atoms with Crippen molar-refractivity contribution in [3.63, 3.8) is 0 Å². The van der Waals surface area contributed by atoms with E-state index in [4.69, 9.17) is 11.6 Å². The summed E-state index contributed by atoms with van der Waals surface area (Å²) in [5.41, 5.74) is 1.84. The lowest BCUT2D eigenvalue weighted by Gasteiger charge is -2.06. The molecule has 3 heteroatoms. The minimum Gasteiger partial charge on any atom is -0.288 e. The molecule has 2 aromatic carbocycles. The van der Waals surface area contributed by atoms with E-state index < -0.39 is 0 Å². The average Bonchev–Trinajstić information content (AvgIpc) is 2.48. The van der Waals surface area contributed by atoms with Crippen molar-refractivity contribution in [3.8, 4) is 0 Å². The van der Waals surface area contributed by atoms with Crippen LogP contribution in [0.2, 0.25) is 5.02 Å². The smallest absolute Gasteiger partial charge is 0.196 e. The number of benzene rings is 2. The summed E-state index contributed by atoms with van der Waals surface area (Å²) >= 11 is 6.33. The number of pyridine rings is 1. The molecule has 0 fully saturated rings. The van der Waals surface area contributed by atoms with Gasteiger partial charge in [-0.2, -0.15) is 0 Å². The Kier molecular flexibility index (Phi) is 3.02. The van der Waals surface area contributed by atoms with Gasteiger partial charge in [-0.15, -0.1) is 0 Å². The third-order valence-electron chi connectivity index (χ3n) is 2.99. The zero-order chi connectivity index (χ0) is 13.2. The highest BCUT2D eigenvalue weighted by molar-refractivity contribution is 6.39. The lowest BCUT2D eigenvalue weighted by Crippen LogP contribution is -2.03. The molecular formula is C16H10ClNO. The Morgan fingerprint density at radius 1 is 0.947 bits per heavy atom. The van der Waals surface area contributed by atoms with Gasteiger partial charge < -0.3 is 0 Å². The third-order valence-corrected chi connectivity index (χ3v) is 3.40. The molecule has 0 aliphatic carbocycles. The summed E-state index contributed by atoms with van der Waals surface area (Å²) in [7, 11) is 0. The van der Waals surface area contributed by atoms with Gasteiger partial charge in [0.2, 0.25) is 0 Å². The molecule has 1 heterocycles. The summed E-state index contributed by atoms with van der Waals surface area (Å²) in [6.45, 7) is 0. The number of nitrogens with zero attached hydrogens (tertiary/aromatic N) is 1. The van der Waals surface area contributed by atoms with Gasteiger partial charge in [-0.05, 0) is 6.07 Å². The second-order valence-corrected chi connectivity index (χ2v) is 4.58. The first-order valence-electron chi connectivity index (χ1n) is 5.90. The van der Waals surface area contributed by atoms with Gasteiger partial charge in [-0.25, -0.2) is 0 Å². The van der Waals surface area contributed by atoms with E-state index in [1.807, 2.05) is 42.5 Å². The van der Waals surface area contributed by atoms with Crippen LogP contribution in [0.1, 0.15) is 15.9 Å². The largest absolute Gasteiger partial charge is 0.288 e. The summed E-state index contributed by atoms with van der Waals surface area (Å²) in [5, 5.41) is 1.26. The molecule has 0 saturated carbocycles. The molecule has 3 rings (SSSR count). The minimum absolute atomic E-state index is 0.108. The fourth-order valence-corrected chi connectivity index (χ4v) is 2.31. The van der Waals surface area contributed by atoms with Crippen LogP contribution < -0.4 is 0 Å². The summed E-state index contributed by atoms with van der Waals surface area (Å²) < 4.78 is 0. The van der Waals surface area contributed by atoms with Crippen molar-refractivity contribution in [2.45, 2.75) is 0 Å². The fraction of sp³-hybridized carbons (Fsp3) is 0. The number of carbonyl (C=O) groups is 1. The van der Waals surface area contributed by atoms with E-state index in [0.717, 1.165) is 10.9 Å². The van der Waals surface area contributed by atoms with Crippen molar-refractivity contribution in [1.82, 2.24) is 4.98 Å². The first-order chi connectivity index (χ1) is 9.27. The van der Waals surface area contributed by atoms with Crippen molar-refractivity contribution in [1.29, 1.82) is 0 Å². The number of fused-ring (bicyclic) bond motifs is 1. The van der Waals surface area contributed by atoms with E-state index in [-0.39, 0.29) is 5.78 Å². The van der Waals surface area contributed by atoms with E-state index in [2.05, 4.69) is 4.98 Å². The predicted octanol–water partition coefficient (Wildman–Crippen LogP) is 4.12. The van der Waals surface area contributed by atoms with Crippen LogP contribution in [0.4, 0.5) is 0 Å². The van der Waals surface area contributed by atoms with Crippen LogP contribution in [0.3, 0.4) is 0 Å². The second kappa shape index (κ2) is 4.82. The maximum Gasteiger partial charge on any atom is 0.196 e. The maximum atomic E-state index is 12.4. The van der Waals surface area contributed by atoms with Crippen molar-refractivity contribution in [2.24, 2.45) is 0 Å². The number of para-hydroxylation sites is 1. The Morgan fingerprint density at radius 2 is 1.63 bits per heavy atom. The Hall–Kier alpha value is -2.19. The standard InChI is InChI=1S/C16H10ClNO/c17-15-12-8-4-5-9-14(12)18-10-13(15)16(19)11-6-2-1-3-7-11/h1-10H. The molecule has 0 bridgehead atoms. The highest BCUT2D eigenvalue weighted by atomic mass is 35.5. The molecule has 0 aliphatic rings. The van der Waals surface area contributed by atoms with E-state index in [9.17, 15) is 4.79 Å². The van der Waals surface area contributed by atoms with E-state index in [1.165, 1.54) is 0 Å². The Labute approximate surface area is 115 Å². The van der Waals surface area contributed by atoms with Crippen molar-refractivity contribution < 1.29 is 4.79 Å². The molecule has 0 N–H and O–H groups in total. The molecular weight excluding hydrogens is 258 g/mol. The topological polar surface area (TPSA) is 30.0 Å². The number of halogens is 1. The van der Waals surface area contributed by atoms with Gasteiger partial charge in [-0.3, -0.25) is 9.78 Å². The molecule has 0 amide bonds. The molecule has 0 spiro atoms. The third kappa shape index (κ3) is 2.11. The molecule has 0 saturated heterocycles. The van der Waals surface area contributed by atoms with Crippen LogP contribution in [0, 0.1) is 0 Å². The zero-order valence-electron chi connectivity index (χ0n) is 10.0. The summed E-state index contributed by atoms with van der Waals surface area (Å²) in [5.74, 6) is -0.108. The highest BCUT2D eigenvalue weighted by Crippen LogP contribution is 2.27. The average molecular weight is 268 g/mol. The van der Waals surface area contributed by atoms with Crippen LogP contribution >= 0.6 is 11.6 Å². The zero-order valence-corrected chi connectivity index (χ0v) is 10.8. The molecule has 3 aromatic rings. The van der Waals surface area contributed by atoms with E-state index >= 15 is 0 Å². The maximum absolute atomic E-state index is 12.4. The van der Waals surface area contributed by atoms with Crippen molar-refractivity contribution in [3.05, 3.63) is 76.9 Å². The van der Waals surface area contributed by atoms with Crippen LogP contribution in [0.15, 0.2) is 60.8 Å². The molecule has 0 unspecified atom stereocenters. The number of hydrogen-bond donors (Lipinski definition) is 0. The van der Waals surface area contributed by atoms with Gasteiger partial charge in [0.15, 0.2) is 5.78 Å². The van der Waals surface area contributed by atoms with Crippen molar-refractivity contribution in [2.75, 3.05) is 0 Å². The lowest BCUT2D eigenvalue weighted by atomic mass is 10.0. The molecule has 19 heavy (non-hydrogen) atoms. The van der Waals surface area contributed by atoms with Crippen LogP contribution in [-0.2, 0) is 0 Å². The lowest BCUT2D eigenvalue weighted by molar-refractivity contribution is 0.103. The van der Waals surface area contributed by atoms with Gasteiger partial charge in [-0.1, -0.05) is 60.1 Å². The number of hydrogen-bond acceptors (Lipinski definition) is 2. The number of aromatic nitrogens is 1. The van der Waals surface area contributed by atoms with Gasteiger partial charge in [0, 0.05) is 17.1 Å². The molecule has 92 valence electrons. The molecule has 2 nitrogen and oxygen atoms in total. The number of ketones is 1. The SMILES string of the molecule is O=C(c1ccccc1)c1cnc2ccccc2c1Cl. The molecule has 0 radical (unpaired) electrons. The predicted molar refractivity (Wildman–Crippen MR) is 76.6 cm³/mol. The van der Waals surface area contributed by atoms with Gasteiger partial charge >= 0.3 is 0 Å². The quantitative estimate of drug-likeness (QED) is 0.654. The fourth-order valence-electron chi connectivity index (χ4n) is 2.01. The summed E-state index contributed by atoms with van der Waals surface area (Å²) in [6.07, 6.45) is 1.54. The van der Waals surface area contributed by atoms with Crippen LogP contribution in [0.5, 0.6) is 0 Å².